The molecule has 0 saturated carbocycles. The molecule has 1 aromatic rings. The number of amides is 2. The van der Waals surface area contributed by atoms with Gasteiger partial charge >= 0.3 is 0 Å². The number of rotatable bonds is 7. The first-order valence-corrected chi connectivity index (χ1v) is 7.55. The van der Waals surface area contributed by atoms with Gasteiger partial charge in [-0.15, -0.1) is 0 Å². The molecule has 0 spiro atoms. The lowest BCUT2D eigenvalue weighted by Gasteiger charge is -2.20. The summed E-state index contributed by atoms with van der Waals surface area (Å²) in [6.07, 6.45) is 2.24. The number of hydrogen-bond acceptors (Lipinski definition) is 4. The number of benzene rings is 1. The lowest BCUT2D eigenvalue weighted by Crippen LogP contribution is -2.32. The maximum absolute atomic E-state index is 12.0. The molecule has 0 radical (unpaired) electrons. The predicted molar refractivity (Wildman–Crippen MR) is 83.0 cm³/mol. The zero-order valence-corrected chi connectivity index (χ0v) is 13.1. The summed E-state index contributed by atoms with van der Waals surface area (Å²) in [5.74, 6) is 1.19. The Morgan fingerprint density at radius 3 is 2.73 bits per heavy atom. The van der Waals surface area contributed by atoms with Crippen LogP contribution < -0.4 is 14.8 Å². The summed E-state index contributed by atoms with van der Waals surface area (Å²) in [6, 6.07) is 5.27. The summed E-state index contributed by atoms with van der Waals surface area (Å²) in [6.45, 7) is 4.95. The summed E-state index contributed by atoms with van der Waals surface area (Å²) in [5, 5.41) is 2.81. The minimum absolute atomic E-state index is 0.00401. The van der Waals surface area contributed by atoms with Crippen LogP contribution >= 0.6 is 0 Å². The highest BCUT2D eigenvalue weighted by Gasteiger charge is 2.15. The molecule has 0 unspecified atom stereocenters. The molecule has 0 bridgehead atoms. The van der Waals surface area contributed by atoms with Crippen molar-refractivity contribution in [3.8, 4) is 11.5 Å². The molecule has 1 aromatic carbocycles. The number of carbonyl (C=O) groups is 2. The van der Waals surface area contributed by atoms with Crippen molar-refractivity contribution in [2.45, 2.75) is 33.1 Å². The van der Waals surface area contributed by atoms with Gasteiger partial charge in [0.2, 0.25) is 18.6 Å². The topological polar surface area (TPSA) is 67.9 Å². The first-order chi connectivity index (χ1) is 10.6. The van der Waals surface area contributed by atoms with Crippen LogP contribution in [0.25, 0.3) is 0 Å². The molecule has 0 fully saturated rings. The fourth-order valence-electron chi connectivity index (χ4n) is 2.21. The highest BCUT2D eigenvalue weighted by Crippen LogP contribution is 2.34. The van der Waals surface area contributed by atoms with E-state index in [-0.39, 0.29) is 25.0 Å². The molecule has 1 N–H and O–H groups in total. The average molecular weight is 306 g/mol. The van der Waals surface area contributed by atoms with Gasteiger partial charge in [0.1, 0.15) is 0 Å². The normalized spacial score (nSPS) is 12.1. The molecule has 6 nitrogen and oxygen atoms in total. The number of ether oxygens (including phenoxy) is 2. The van der Waals surface area contributed by atoms with Gasteiger partial charge in [0.05, 0.1) is 0 Å². The number of hydrogen-bond donors (Lipinski definition) is 1. The van der Waals surface area contributed by atoms with E-state index in [0.717, 1.165) is 12.8 Å². The molecule has 2 amide bonds. The van der Waals surface area contributed by atoms with E-state index in [4.69, 9.17) is 9.47 Å². The summed E-state index contributed by atoms with van der Waals surface area (Å²) >= 11 is 0. The average Bonchev–Trinajstić information content (AvgIpc) is 2.94. The number of carbonyl (C=O) groups excluding carboxylic acids is 2. The molecule has 0 saturated heterocycles. The monoisotopic (exact) mass is 306 g/mol. The van der Waals surface area contributed by atoms with Crippen LogP contribution in [0.4, 0.5) is 5.69 Å². The van der Waals surface area contributed by atoms with Crippen molar-refractivity contribution in [3.05, 3.63) is 18.2 Å². The van der Waals surface area contributed by atoms with E-state index in [1.165, 1.54) is 6.92 Å². The fourth-order valence-corrected chi connectivity index (χ4v) is 2.21. The Hall–Kier alpha value is -2.24. The molecule has 0 aliphatic carbocycles. The van der Waals surface area contributed by atoms with Gasteiger partial charge < -0.3 is 19.7 Å². The van der Waals surface area contributed by atoms with Gasteiger partial charge in [-0.2, -0.15) is 0 Å². The molecule has 6 heteroatoms. The minimum atomic E-state index is -0.124. The molecule has 1 heterocycles. The van der Waals surface area contributed by atoms with E-state index in [9.17, 15) is 9.59 Å². The Morgan fingerprint density at radius 2 is 2.00 bits per heavy atom. The van der Waals surface area contributed by atoms with Crippen molar-refractivity contribution in [1.29, 1.82) is 0 Å². The highest BCUT2D eigenvalue weighted by molar-refractivity contribution is 5.91. The van der Waals surface area contributed by atoms with Crippen LogP contribution in [0.15, 0.2) is 18.2 Å². The molecule has 1 aliphatic rings. The Labute approximate surface area is 130 Å². The lowest BCUT2D eigenvalue weighted by molar-refractivity contribution is -0.129. The molecular weight excluding hydrogens is 284 g/mol. The molecule has 0 aromatic heterocycles. The van der Waals surface area contributed by atoms with Crippen LogP contribution in [0, 0.1) is 0 Å². The fraction of sp³-hybridized carbons (Fsp3) is 0.500. The summed E-state index contributed by atoms with van der Waals surface area (Å²) < 4.78 is 10.5. The summed E-state index contributed by atoms with van der Waals surface area (Å²) in [5.41, 5.74) is 0.664. The van der Waals surface area contributed by atoms with Gasteiger partial charge in [0.25, 0.3) is 0 Å². The summed E-state index contributed by atoms with van der Waals surface area (Å²) in [4.78, 5) is 25.2. The van der Waals surface area contributed by atoms with Crippen LogP contribution in [-0.4, -0.2) is 36.6 Å². The van der Waals surface area contributed by atoms with Gasteiger partial charge in [0, 0.05) is 38.2 Å². The van der Waals surface area contributed by atoms with Gasteiger partial charge in [-0.05, 0) is 18.6 Å². The Bertz CT molecular complexity index is 545. The van der Waals surface area contributed by atoms with Gasteiger partial charge in [-0.25, -0.2) is 0 Å². The third-order valence-corrected chi connectivity index (χ3v) is 3.49. The number of unbranched alkanes of at least 4 members (excludes halogenated alkanes) is 1. The molecule has 120 valence electrons. The quantitative estimate of drug-likeness (QED) is 0.840. The standard InChI is InChI=1S/C16H22N2O4/c1-3-4-8-18(12(2)19)9-7-16(20)17-13-5-6-14-15(10-13)22-11-21-14/h5-6,10H,3-4,7-9,11H2,1-2H3,(H,17,20). The lowest BCUT2D eigenvalue weighted by atomic mass is 10.2. The highest BCUT2D eigenvalue weighted by atomic mass is 16.7. The molecule has 1 aliphatic heterocycles. The third kappa shape index (κ3) is 4.38. The maximum atomic E-state index is 12.0. The second kappa shape index (κ2) is 7.68. The van der Waals surface area contributed by atoms with Crippen LogP contribution in [0.3, 0.4) is 0 Å². The van der Waals surface area contributed by atoms with E-state index >= 15 is 0 Å². The second-order valence-corrected chi connectivity index (χ2v) is 5.23. The first-order valence-electron chi connectivity index (χ1n) is 7.55. The maximum Gasteiger partial charge on any atom is 0.231 e. The predicted octanol–water partition coefficient (Wildman–Crippen LogP) is 2.39. The van der Waals surface area contributed by atoms with Gasteiger partial charge in [-0.3, -0.25) is 9.59 Å². The van der Waals surface area contributed by atoms with E-state index in [2.05, 4.69) is 12.2 Å². The van der Waals surface area contributed by atoms with Crippen molar-refractivity contribution in [2.75, 3.05) is 25.2 Å². The zero-order valence-electron chi connectivity index (χ0n) is 13.1. The first kappa shape index (κ1) is 16.1. The van der Waals surface area contributed by atoms with E-state index in [0.29, 0.717) is 30.3 Å². The Balaban J connectivity index is 1.83. The number of nitrogens with one attached hydrogen (secondary N) is 1. The third-order valence-electron chi connectivity index (χ3n) is 3.49. The van der Waals surface area contributed by atoms with Crippen LogP contribution in [0.5, 0.6) is 11.5 Å². The van der Waals surface area contributed by atoms with Gasteiger partial charge in [0.15, 0.2) is 11.5 Å². The van der Waals surface area contributed by atoms with Crippen molar-refractivity contribution >= 4 is 17.5 Å². The largest absolute Gasteiger partial charge is 0.454 e. The second-order valence-electron chi connectivity index (χ2n) is 5.23. The molecule has 22 heavy (non-hydrogen) atoms. The van der Waals surface area contributed by atoms with Crippen molar-refractivity contribution in [2.24, 2.45) is 0 Å². The van der Waals surface area contributed by atoms with Gasteiger partial charge in [-0.1, -0.05) is 13.3 Å². The Morgan fingerprint density at radius 1 is 1.23 bits per heavy atom. The van der Waals surface area contributed by atoms with E-state index in [1.807, 2.05) is 0 Å². The number of fused-ring (bicyclic) bond motifs is 1. The van der Waals surface area contributed by atoms with Crippen LogP contribution in [0.2, 0.25) is 0 Å². The SMILES string of the molecule is CCCCN(CCC(=O)Nc1ccc2c(c1)OCO2)C(C)=O. The van der Waals surface area contributed by atoms with Crippen LogP contribution in [0.1, 0.15) is 33.1 Å². The van der Waals surface area contributed by atoms with Crippen molar-refractivity contribution < 1.29 is 19.1 Å². The smallest absolute Gasteiger partial charge is 0.231 e. The van der Waals surface area contributed by atoms with E-state index in [1.54, 1.807) is 23.1 Å². The summed E-state index contributed by atoms with van der Waals surface area (Å²) in [7, 11) is 0. The molecule has 0 atom stereocenters. The minimum Gasteiger partial charge on any atom is -0.454 e. The van der Waals surface area contributed by atoms with Crippen molar-refractivity contribution in [1.82, 2.24) is 4.90 Å². The molecular formula is C16H22N2O4. The van der Waals surface area contributed by atoms with Crippen LogP contribution in [-0.2, 0) is 9.59 Å². The van der Waals surface area contributed by atoms with Crippen molar-refractivity contribution in [3.63, 3.8) is 0 Å². The number of anilines is 1. The molecule has 2 rings (SSSR count). The zero-order chi connectivity index (χ0) is 15.9. The van der Waals surface area contributed by atoms with E-state index < -0.39 is 0 Å². The number of nitrogens with zero attached hydrogens (tertiary/aromatic N) is 1. The Kier molecular flexibility index (Phi) is 5.63.